The molecule has 88 valence electrons. The number of nitrogens with zero attached hydrogens (tertiary/aromatic N) is 4. The molecule has 0 unspecified atom stereocenters. The molecule has 0 saturated carbocycles. The fourth-order valence-corrected chi connectivity index (χ4v) is 1.61. The number of benzene rings is 1. The molecule has 18 heavy (non-hydrogen) atoms. The van der Waals surface area contributed by atoms with E-state index >= 15 is 0 Å². The van der Waals surface area contributed by atoms with E-state index in [9.17, 15) is 4.39 Å². The number of hydrogen-bond donors (Lipinski definition) is 0. The first-order valence-electron chi connectivity index (χ1n) is 5.41. The first-order valence-corrected chi connectivity index (χ1v) is 5.41. The predicted molar refractivity (Wildman–Crippen MR) is 64.5 cm³/mol. The van der Waals surface area contributed by atoms with Crippen LogP contribution in [-0.4, -0.2) is 19.7 Å². The van der Waals surface area contributed by atoms with Crippen molar-refractivity contribution in [1.82, 2.24) is 19.7 Å². The zero-order chi connectivity index (χ0) is 12.4. The van der Waals surface area contributed by atoms with Gasteiger partial charge in [0.25, 0.3) is 0 Å². The maximum atomic E-state index is 12.8. The zero-order valence-corrected chi connectivity index (χ0v) is 9.36. The van der Waals surface area contributed by atoms with Gasteiger partial charge in [0.1, 0.15) is 12.1 Å². The van der Waals surface area contributed by atoms with E-state index in [0.29, 0.717) is 5.82 Å². The van der Waals surface area contributed by atoms with Gasteiger partial charge in [-0.25, -0.2) is 14.1 Å². The molecule has 4 nitrogen and oxygen atoms in total. The van der Waals surface area contributed by atoms with Crippen LogP contribution in [0.3, 0.4) is 0 Å². The second-order valence-electron chi connectivity index (χ2n) is 3.73. The summed E-state index contributed by atoms with van der Waals surface area (Å²) >= 11 is 0. The lowest BCUT2D eigenvalue weighted by atomic mass is 10.3. The Balaban J connectivity index is 1.97. The molecule has 1 aromatic carbocycles. The Hall–Kier alpha value is -2.56. The van der Waals surface area contributed by atoms with Gasteiger partial charge in [0, 0.05) is 18.0 Å². The molecule has 5 heteroatoms. The molecule has 3 rings (SSSR count). The van der Waals surface area contributed by atoms with Gasteiger partial charge in [0.2, 0.25) is 0 Å². The molecule has 0 fully saturated rings. The van der Waals surface area contributed by atoms with Crippen LogP contribution in [0.4, 0.5) is 4.39 Å². The van der Waals surface area contributed by atoms with Crippen molar-refractivity contribution in [2.75, 3.05) is 0 Å². The van der Waals surface area contributed by atoms with Gasteiger partial charge in [-0.15, -0.1) is 5.10 Å². The zero-order valence-electron chi connectivity index (χ0n) is 9.36. The van der Waals surface area contributed by atoms with Gasteiger partial charge in [-0.1, -0.05) is 0 Å². The molecule has 0 aliphatic rings. The van der Waals surface area contributed by atoms with Crippen molar-refractivity contribution in [3.63, 3.8) is 0 Å². The third kappa shape index (κ3) is 1.98. The summed E-state index contributed by atoms with van der Waals surface area (Å²) in [4.78, 5) is 8.22. The molecule has 0 atom stereocenters. The largest absolute Gasteiger partial charge is 0.264 e. The predicted octanol–water partition coefficient (Wildman–Crippen LogP) is 2.47. The molecule has 0 spiro atoms. The fraction of sp³-hybridized carbons (Fsp3) is 0. The average molecular weight is 240 g/mol. The van der Waals surface area contributed by atoms with Crippen LogP contribution in [-0.2, 0) is 0 Å². The van der Waals surface area contributed by atoms with E-state index in [1.807, 2.05) is 12.1 Å². The molecule has 0 saturated heterocycles. The van der Waals surface area contributed by atoms with Crippen LogP contribution >= 0.6 is 0 Å². The number of hydrogen-bond acceptors (Lipinski definition) is 3. The van der Waals surface area contributed by atoms with Crippen LogP contribution in [0.2, 0.25) is 0 Å². The molecule has 2 heterocycles. The van der Waals surface area contributed by atoms with Crippen molar-refractivity contribution in [3.05, 3.63) is 60.9 Å². The number of pyridine rings is 1. The Morgan fingerprint density at radius 2 is 1.89 bits per heavy atom. The monoisotopic (exact) mass is 240 g/mol. The highest BCUT2D eigenvalue weighted by molar-refractivity contribution is 5.52. The highest BCUT2D eigenvalue weighted by atomic mass is 19.1. The summed E-state index contributed by atoms with van der Waals surface area (Å²) in [5, 5.41) is 4.32. The Labute approximate surface area is 103 Å². The molecule has 0 aliphatic carbocycles. The average Bonchev–Trinajstić information content (AvgIpc) is 2.90. The molecule has 0 aliphatic heterocycles. The topological polar surface area (TPSA) is 43.6 Å². The van der Waals surface area contributed by atoms with Gasteiger partial charge in [0.15, 0.2) is 5.82 Å². The summed E-state index contributed by atoms with van der Waals surface area (Å²) in [7, 11) is 0. The summed E-state index contributed by atoms with van der Waals surface area (Å²) in [5.74, 6) is 0.318. The van der Waals surface area contributed by atoms with Crippen molar-refractivity contribution in [3.8, 4) is 17.1 Å². The number of halogens is 1. The molecule has 0 amide bonds. The van der Waals surface area contributed by atoms with E-state index in [1.54, 1.807) is 35.5 Å². The summed E-state index contributed by atoms with van der Waals surface area (Å²) in [6.07, 6.45) is 4.99. The van der Waals surface area contributed by atoms with Gasteiger partial charge in [-0.2, -0.15) is 0 Å². The maximum Gasteiger partial charge on any atom is 0.183 e. The lowest BCUT2D eigenvalue weighted by Gasteiger charge is -1.99. The van der Waals surface area contributed by atoms with Crippen molar-refractivity contribution >= 4 is 0 Å². The minimum absolute atomic E-state index is 0.272. The molecule has 0 radical (unpaired) electrons. The smallest absolute Gasteiger partial charge is 0.183 e. The molecule has 2 aromatic heterocycles. The van der Waals surface area contributed by atoms with E-state index in [1.165, 1.54) is 12.1 Å². The van der Waals surface area contributed by atoms with Crippen molar-refractivity contribution < 1.29 is 4.39 Å². The second kappa shape index (κ2) is 4.37. The van der Waals surface area contributed by atoms with E-state index in [-0.39, 0.29) is 5.82 Å². The quantitative estimate of drug-likeness (QED) is 0.691. The van der Waals surface area contributed by atoms with Crippen molar-refractivity contribution in [2.24, 2.45) is 0 Å². The first kappa shape index (κ1) is 10.6. The molecule has 3 aromatic rings. The Morgan fingerprint density at radius 1 is 1.06 bits per heavy atom. The van der Waals surface area contributed by atoms with Crippen LogP contribution in [0, 0.1) is 5.82 Å². The normalized spacial score (nSPS) is 10.5. The van der Waals surface area contributed by atoms with E-state index in [0.717, 1.165) is 11.3 Å². The molecule has 0 N–H and O–H groups in total. The Bertz CT molecular complexity index is 646. The Kier molecular flexibility index (Phi) is 2.57. The second-order valence-corrected chi connectivity index (χ2v) is 3.73. The number of aromatic nitrogens is 4. The SMILES string of the molecule is Fc1ccc(-n2cnc(-c3cccnc3)n2)cc1. The fourth-order valence-electron chi connectivity index (χ4n) is 1.61. The van der Waals surface area contributed by atoms with Crippen LogP contribution < -0.4 is 0 Å². The minimum atomic E-state index is -0.272. The van der Waals surface area contributed by atoms with Crippen LogP contribution in [0.1, 0.15) is 0 Å². The van der Waals surface area contributed by atoms with Gasteiger partial charge >= 0.3 is 0 Å². The standard InChI is InChI=1S/C13H9FN4/c14-11-3-5-12(6-4-11)18-9-16-13(17-18)10-2-1-7-15-8-10/h1-9H. The Morgan fingerprint density at radius 3 is 2.61 bits per heavy atom. The van der Waals surface area contributed by atoms with Crippen LogP contribution in [0.25, 0.3) is 17.1 Å². The molecular weight excluding hydrogens is 231 g/mol. The van der Waals surface area contributed by atoms with Crippen molar-refractivity contribution in [2.45, 2.75) is 0 Å². The molecule has 0 bridgehead atoms. The third-order valence-corrected chi connectivity index (χ3v) is 2.50. The summed E-state index contributed by atoms with van der Waals surface area (Å²) < 4.78 is 14.4. The van der Waals surface area contributed by atoms with Crippen LogP contribution in [0.15, 0.2) is 55.1 Å². The summed E-state index contributed by atoms with van der Waals surface area (Å²) in [6.45, 7) is 0. The summed E-state index contributed by atoms with van der Waals surface area (Å²) in [5.41, 5.74) is 1.61. The van der Waals surface area contributed by atoms with Gasteiger partial charge < -0.3 is 0 Å². The number of rotatable bonds is 2. The lowest BCUT2D eigenvalue weighted by molar-refractivity contribution is 0.627. The lowest BCUT2D eigenvalue weighted by Crippen LogP contribution is -1.94. The first-order chi connectivity index (χ1) is 8.83. The van der Waals surface area contributed by atoms with Gasteiger partial charge in [-0.3, -0.25) is 4.98 Å². The van der Waals surface area contributed by atoms with E-state index in [2.05, 4.69) is 15.1 Å². The third-order valence-electron chi connectivity index (χ3n) is 2.50. The highest BCUT2D eigenvalue weighted by Gasteiger charge is 2.05. The van der Waals surface area contributed by atoms with E-state index < -0.39 is 0 Å². The highest BCUT2D eigenvalue weighted by Crippen LogP contribution is 2.14. The summed E-state index contributed by atoms with van der Waals surface area (Å²) in [6, 6.07) is 9.79. The van der Waals surface area contributed by atoms with Crippen molar-refractivity contribution in [1.29, 1.82) is 0 Å². The van der Waals surface area contributed by atoms with Gasteiger partial charge in [-0.05, 0) is 36.4 Å². The van der Waals surface area contributed by atoms with Crippen LogP contribution in [0.5, 0.6) is 0 Å². The molecular formula is C13H9FN4. The van der Waals surface area contributed by atoms with E-state index in [4.69, 9.17) is 0 Å². The minimum Gasteiger partial charge on any atom is -0.264 e. The van der Waals surface area contributed by atoms with Gasteiger partial charge in [0.05, 0.1) is 5.69 Å². The maximum absolute atomic E-state index is 12.8.